The summed E-state index contributed by atoms with van der Waals surface area (Å²) in [5, 5.41) is 19.0. The molecule has 0 spiro atoms. The number of hydrogen-bond donors (Lipinski definition) is 4. The first-order valence-electron chi connectivity index (χ1n) is 9.32. The van der Waals surface area contributed by atoms with Crippen LogP contribution in [0.2, 0.25) is 5.02 Å². The molecule has 2 aromatic carbocycles. The Labute approximate surface area is 174 Å². The molecular formula is C20H24ClN3O5. The smallest absolute Gasteiger partial charge is 0.319 e. The van der Waals surface area contributed by atoms with Crippen molar-refractivity contribution in [1.29, 1.82) is 0 Å². The average molecular weight is 422 g/mol. The Morgan fingerprint density at radius 1 is 1.14 bits per heavy atom. The minimum absolute atomic E-state index is 0.134. The van der Waals surface area contributed by atoms with Gasteiger partial charge in [-0.25, -0.2) is 4.79 Å². The largest absolute Gasteiger partial charge is 0.491 e. The maximum absolute atomic E-state index is 11.8. The first kappa shape index (κ1) is 21.0. The molecule has 0 saturated heterocycles. The van der Waals surface area contributed by atoms with Crippen molar-refractivity contribution >= 4 is 23.3 Å². The Balaban J connectivity index is 1.27. The summed E-state index contributed by atoms with van der Waals surface area (Å²) in [6.07, 6.45) is -0.691. The molecule has 0 radical (unpaired) electrons. The Kier molecular flexibility index (Phi) is 7.80. The Hall–Kier alpha value is -2.68. The van der Waals surface area contributed by atoms with Crippen molar-refractivity contribution in [3.63, 3.8) is 0 Å². The minimum Gasteiger partial charge on any atom is -0.491 e. The van der Waals surface area contributed by atoms with Gasteiger partial charge in [-0.15, -0.1) is 0 Å². The van der Waals surface area contributed by atoms with Gasteiger partial charge in [0.25, 0.3) is 0 Å². The maximum atomic E-state index is 11.8. The molecule has 3 rings (SSSR count). The minimum atomic E-state index is -0.691. The maximum Gasteiger partial charge on any atom is 0.319 e. The highest BCUT2D eigenvalue weighted by Crippen LogP contribution is 2.33. The van der Waals surface area contributed by atoms with Gasteiger partial charge in [-0.3, -0.25) is 0 Å². The predicted molar refractivity (Wildman–Crippen MR) is 110 cm³/mol. The molecule has 2 aromatic rings. The van der Waals surface area contributed by atoms with Crippen LogP contribution in [0.25, 0.3) is 0 Å². The molecule has 1 atom stereocenters. The highest BCUT2D eigenvalue weighted by Gasteiger charge is 2.13. The fourth-order valence-electron chi connectivity index (χ4n) is 2.64. The molecule has 1 aliphatic heterocycles. The number of benzene rings is 2. The van der Waals surface area contributed by atoms with E-state index in [1.54, 1.807) is 42.5 Å². The van der Waals surface area contributed by atoms with Crippen molar-refractivity contribution in [1.82, 2.24) is 10.6 Å². The van der Waals surface area contributed by atoms with E-state index in [4.69, 9.17) is 25.8 Å². The lowest BCUT2D eigenvalue weighted by molar-refractivity contribution is 0.106. The second-order valence-corrected chi connectivity index (χ2v) is 6.80. The van der Waals surface area contributed by atoms with Crippen LogP contribution in [0, 0.1) is 0 Å². The van der Waals surface area contributed by atoms with Gasteiger partial charge in [0.1, 0.15) is 31.7 Å². The summed E-state index contributed by atoms with van der Waals surface area (Å²) in [4.78, 5) is 11.8. The van der Waals surface area contributed by atoms with Crippen LogP contribution in [-0.2, 0) is 0 Å². The topological polar surface area (TPSA) is 101 Å². The van der Waals surface area contributed by atoms with E-state index in [9.17, 15) is 9.90 Å². The van der Waals surface area contributed by atoms with Crippen molar-refractivity contribution in [2.24, 2.45) is 0 Å². The summed E-state index contributed by atoms with van der Waals surface area (Å²) in [7, 11) is 0. The zero-order valence-electron chi connectivity index (χ0n) is 15.8. The lowest BCUT2D eigenvalue weighted by Gasteiger charge is -2.19. The zero-order valence-corrected chi connectivity index (χ0v) is 16.6. The van der Waals surface area contributed by atoms with Crippen LogP contribution in [0.15, 0.2) is 42.5 Å². The number of carbonyl (C=O) groups is 1. The van der Waals surface area contributed by atoms with Crippen LogP contribution in [0.4, 0.5) is 10.5 Å². The third-order valence-corrected chi connectivity index (χ3v) is 4.24. The van der Waals surface area contributed by atoms with Gasteiger partial charge in [0, 0.05) is 36.4 Å². The molecule has 8 nitrogen and oxygen atoms in total. The van der Waals surface area contributed by atoms with Crippen molar-refractivity contribution in [2.75, 3.05) is 44.8 Å². The summed E-state index contributed by atoms with van der Waals surface area (Å²) in [5.41, 5.74) is 0.620. The van der Waals surface area contributed by atoms with Gasteiger partial charge < -0.3 is 35.3 Å². The molecule has 2 amide bonds. The SMILES string of the molecule is O=C(NCCNCC(O)COc1ccc2c(c1)OCCO2)Nc1cccc(Cl)c1. The molecule has 29 heavy (non-hydrogen) atoms. The summed E-state index contributed by atoms with van der Waals surface area (Å²) in [6.45, 7) is 2.42. The van der Waals surface area contributed by atoms with Crippen LogP contribution >= 0.6 is 11.6 Å². The van der Waals surface area contributed by atoms with E-state index in [0.29, 0.717) is 60.8 Å². The Bertz CT molecular complexity index is 820. The highest BCUT2D eigenvalue weighted by atomic mass is 35.5. The van der Waals surface area contributed by atoms with Gasteiger partial charge in [-0.05, 0) is 30.3 Å². The second kappa shape index (κ2) is 10.8. The number of halogens is 1. The third kappa shape index (κ3) is 7.01. The molecule has 0 bridgehead atoms. The van der Waals surface area contributed by atoms with Crippen LogP contribution in [0.3, 0.4) is 0 Å². The number of aliphatic hydroxyl groups is 1. The number of nitrogens with one attached hydrogen (secondary N) is 3. The lowest BCUT2D eigenvalue weighted by atomic mass is 10.3. The number of urea groups is 1. The van der Waals surface area contributed by atoms with Crippen LogP contribution < -0.4 is 30.2 Å². The van der Waals surface area contributed by atoms with Crippen molar-refractivity contribution in [3.05, 3.63) is 47.5 Å². The molecular weight excluding hydrogens is 398 g/mol. The molecule has 1 aliphatic rings. The number of amides is 2. The molecule has 156 valence electrons. The number of fused-ring (bicyclic) bond motifs is 1. The molecule has 1 unspecified atom stereocenters. The molecule has 0 fully saturated rings. The monoisotopic (exact) mass is 421 g/mol. The van der Waals surface area contributed by atoms with Crippen LogP contribution in [0.5, 0.6) is 17.2 Å². The van der Waals surface area contributed by atoms with Gasteiger partial charge in [0.05, 0.1) is 0 Å². The standard InChI is InChI=1S/C20H24ClN3O5/c21-14-2-1-3-15(10-14)24-20(26)23-7-6-22-12-16(25)13-29-17-4-5-18-19(11-17)28-9-8-27-18/h1-5,10-11,16,22,25H,6-9,12-13H2,(H2,23,24,26). The van der Waals surface area contributed by atoms with Gasteiger partial charge >= 0.3 is 6.03 Å². The quantitative estimate of drug-likeness (QED) is 0.463. The average Bonchev–Trinajstić information content (AvgIpc) is 2.72. The highest BCUT2D eigenvalue weighted by molar-refractivity contribution is 6.30. The van der Waals surface area contributed by atoms with Gasteiger partial charge in [-0.1, -0.05) is 17.7 Å². The van der Waals surface area contributed by atoms with Crippen molar-refractivity contribution in [3.8, 4) is 17.2 Å². The fourth-order valence-corrected chi connectivity index (χ4v) is 2.83. The summed E-state index contributed by atoms with van der Waals surface area (Å²) < 4.78 is 16.5. The van der Waals surface area contributed by atoms with E-state index in [1.165, 1.54) is 0 Å². The summed E-state index contributed by atoms with van der Waals surface area (Å²) in [5.74, 6) is 1.94. The van der Waals surface area contributed by atoms with Crippen molar-refractivity contribution < 1.29 is 24.1 Å². The number of hydrogen-bond acceptors (Lipinski definition) is 6. The number of carbonyl (C=O) groups excluding carboxylic acids is 1. The van der Waals surface area contributed by atoms with E-state index < -0.39 is 6.10 Å². The van der Waals surface area contributed by atoms with E-state index in [0.717, 1.165) is 0 Å². The normalized spacial score (nSPS) is 13.4. The van der Waals surface area contributed by atoms with Gasteiger partial charge in [-0.2, -0.15) is 0 Å². The molecule has 4 N–H and O–H groups in total. The van der Waals surface area contributed by atoms with E-state index in [1.807, 2.05) is 0 Å². The summed E-state index contributed by atoms with van der Waals surface area (Å²) >= 11 is 5.87. The number of rotatable bonds is 9. The number of aliphatic hydroxyl groups excluding tert-OH is 1. The number of ether oxygens (including phenoxy) is 3. The molecule has 0 aromatic heterocycles. The lowest BCUT2D eigenvalue weighted by Crippen LogP contribution is -2.38. The first-order chi connectivity index (χ1) is 14.1. The van der Waals surface area contributed by atoms with E-state index in [-0.39, 0.29) is 12.6 Å². The van der Waals surface area contributed by atoms with Crippen LogP contribution in [-0.4, -0.2) is 56.7 Å². The molecule has 1 heterocycles. The Morgan fingerprint density at radius 2 is 1.97 bits per heavy atom. The zero-order chi connectivity index (χ0) is 20.5. The first-order valence-corrected chi connectivity index (χ1v) is 9.69. The van der Waals surface area contributed by atoms with Gasteiger partial charge in [0.2, 0.25) is 0 Å². The molecule has 0 saturated carbocycles. The molecule has 9 heteroatoms. The fraction of sp³-hybridized carbons (Fsp3) is 0.350. The van der Waals surface area contributed by atoms with E-state index >= 15 is 0 Å². The number of anilines is 1. The van der Waals surface area contributed by atoms with Crippen molar-refractivity contribution in [2.45, 2.75) is 6.10 Å². The summed E-state index contributed by atoms with van der Waals surface area (Å²) in [6, 6.07) is 11.9. The molecule has 0 aliphatic carbocycles. The predicted octanol–water partition coefficient (Wildman–Crippen LogP) is 2.26. The van der Waals surface area contributed by atoms with E-state index in [2.05, 4.69) is 16.0 Å². The Morgan fingerprint density at radius 3 is 2.79 bits per heavy atom. The van der Waals surface area contributed by atoms with Gasteiger partial charge in [0.15, 0.2) is 11.5 Å². The third-order valence-electron chi connectivity index (χ3n) is 4.01. The van der Waals surface area contributed by atoms with Crippen LogP contribution in [0.1, 0.15) is 0 Å². The second-order valence-electron chi connectivity index (χ2n) is 6.37.